The van der Waals surface area contributed by atoms with Crippen molar-refractivity contribution in [1.82, 2.24) is 4.72 Å². The topological polar surface area (TPSA) is 58.2 Å². The molecule has 0 spiro atoms. The largest absolute Gasteiger partial charge is 0.380 e. The molecular formula is C12H17ClN2O2S. The van der Waals surface area contributed by atoms with Crippen molar-refractivity contribution < 1.29 is 8.42 Å². The van der Waals surface area contributed by atoms with E-state index in [9.17, 15) is 8.42 Å². The summed E-state index contributed by atoms with van der Waals surface area (Å²) in [6.45, 7) is 7.55. The molecule has 0 aliphatic heterocycles. The van der Waals surface area contributed by atoms with E-state index in [2.05, 4.69) is 16.6 Å². The quantitative estimate of drug-likeness (QED) is 0.846. The summed E-state index contributed by atoms with van der Waals surface area (Å²) >= 11 is 5.63. The monoisotopic (exact) mass is 288 g/mol. The minimum atomic E-state index is -3.43. The zero-order chi connectivity index (χ0) is 13.8. The molecule has 0 atom stereocenters. The summed E-state index contributed by atoms with van der Waals surface area (Å²) in [7, 11) is -3.43. The average molecular weight is 289 g/mol. The van der Waals surface area contributed by atoms with Gasteiger partial charge in [-0.25, -0.2) is 13.1 Å². The number of rotatable bonds is 6. The Morgan fingerprint density at radius 1 is 1.33 bits per heavy atom. The fourth-order valence-electron chi connectivity index (χ4n) is 1.33. The lowest BCUT2D eigenvalue weighted by Gasteiger charge is -2.10. The maximum Gasteiger partial charge on any atom is 0.240 e. The van der Waals surface area contributed by atoms with Crippen molar-refractivity contribution in [3.8, 4) is 0 Å². The summed E-state index contributed by atoms with van der Waals surface area (Å²) < 4.78 is 26.2. The predicted octanol–water partition coefficient (Wildman–Crippen LogP) is 2.54. The smallest absolute Gasteiger partial charge is 0.240 e. The molecule has 18 heavy (non-hydrogen) atoms. The van der Waals surface area contributed by atoms with Crippen LogP contribution in [-0.4, -0.2) is 21.0 Å². The van der Waals surface area contributed by atoms with E-state index >= 15 is 0 Å². The molecule has 4 nitrogen and oxygen atoms in total. The van der Waals surface area contributed by atoms with Gasteiger partial charge in [0.2, 0.25) is 10.0 Å². The SMILES string of the molecule is C=C(Cl)CNc1ccc(S(=O)(=O)NC(C)C)cc1. The van der Waals surface area contributed by atoms with Gasteiger partial charge in [-0.2, -0.15) is 0 Å². The first kappa shape index (κ1) is 15.0. The molecule has 0 fully saturated rings. The first-order valence-corrected chi connectivity index (χ1v) is 7.37. The van der Waals surface area contributed by atoms with Crippen LogP contribution in [0.25, 0.3) is 0 Å². The fraction of sp³-hybridized carbons (Fsp3) is 0.333. The number of sulfonamides is 1. The molecule has 1 aromatic carbocycles. The van der Waals surface area contributed by atoms with E-state index in [1.54, 1.807) is 38.1 Å². The second kappa shape index (κ2) is 6.22. The van der Waals surface area contributed by atoms with Gasteiger partial charge in [0, 0.05) is 16.8 Å². The Balaban J connectivity index is 2.79. The molecular weight excluding hydrogens is 272 g/mol. The predicted molar refractivity (Wildman–Crippen MR) is 75.4 cm³/mol. The third-order valence-electron chi connectivity index (χ3n) is 2.04. The number of halogens is 1. The van der Waals surface area contributed by atoms with Crippen molar-refractivity contribution >= 4 is 27.3 Å². The van der Waals surface area contributed by atoms with E-state index in [-0.39, 0.29) is 10.9 Å². The van der Waals surface area contributed by atoms with E-state index in [1.165, 1.54) is 0 Å². The molecule has 0 aliphatic carbocycles. The Hall–Kier alpha value is -1.04. The summed E-state index contributed by atoms with van der Waals surface area (Å²) in [4.78, 5) is 0.242. The first-order chi connectivity index (χ1) is 8.31. The summed E-state index contributed by atoms with van der Waals surface area (Å²) in [5.41, 5.74) is 0.792. The third-order valence-corrected chi connectivity index (χ3v) is 3.85. The molecule has 0 bridgehead atoms. The molecule has 0 amide bonds. The van der Waals surface area contributed by atoms with Gasteiger partial charge in [0.05, 0.1) is 11.4 Å². The lowest BCUT2D eigenvalue weighted by Crippen LogP contribution is -2.30. The van der Waals surface area contributed by atoms with Crippen LogP contribution >= 0.6 is 11.6 Å². The number of anilines is 1. The zero-order valence-electron chi connectivity index (χ0n) is 10.4. The Morgan fingerprint density at radius 3 is 2.33 bits per heavy atom. The second-order valence-corrected chi connectivity index (χ2v) is 6.42. The zero-order valence-corrected chi connectivity index (χ0v) is 12.0. The second-order valence-electron chi connectivity index (χ2n) is 4.17. The molecule has 1 rings (SSSR count). The molecule has 1 aromatic rings. The number of nitrogens with one attached hydrogen (secondary N) is 2. The summed E-state index contributed by atoms with van der Waals surface area (Å²) in [6, 6.07) is 6.34. The average Bonchev–Trinajstić information content (AvgIpc) is 2.25. The van der Waals surface area contributed by atoms with Gasteiger partial charge in [-0.1, -0.05) is 18.2 Å². The van der Waals surface area contributed by atoms with Crippen molar-refractivity contribution in [1.29, 1.82) is 0 Å². The molecule has 0 heterocycles. The molecule has 2 N–H and O–H groups in total. The van der Waals surface area contributed by atoms with Gasteiger partial charge < -0.3 is 5.32 Å². The number of hydrogen-bond donors (Lipinski definition) is 2. The van der Waals surface area contributed by atoms with Crippen LogP contribution in [0.2, 0.25) is 0 Å². The highest BCUT2D eigenvalue weighted by Gasteiger charge is 2.14. The van der Waals surface area contributed by atoms with Gasteiger partial charge in [0.25, 0.3) is 0 Å². The van der Waals surface area contributed by atoms with Crippen LogP contribution in [0.4, 0.5) is 5.69 Å². The van der Waals surface area contributed by atoms with Gasteiger partial charge in [0.15, 0.2) is 0 Å². The van der Waals surface area contributed by atoms with E-state index in [1.807, 2.05) is 0 Å². The normalized spacial score (nSPS) is 11.6. The van der Waals surface area contributed by atoms with E-state index in [0.29, 0.717) is 11.6 Å². The van der Waals surface area contributed by atoms with E-state index in [0.717, 1.165) is 5.69 Å². The van der Waals surface area contributed by atoms with Gasteiger partial charge >= 0.3 is 0 Å². The molecule has 0 saturated carbocycles. The van der Waals surface area contributed by atoms with Crippen LogP contribution in [0.1, 0.15) is 13.8 Å². The van der Waals surface area contributed by atoms with Crippen molar-refractivity contribution in [2.24, 2.45) is 0 Å². The molecule has 0 unspecified atom stereocenters. The Labute approximate surface area is 113 Å². The van der Waals surface area contributed by atoms with Crippen molar-refractivity contribution in [3.63, 3.8) is 0 Å². The summed E-state index contributed by atoms with van der Waals surface area (Å²) in [5, 5.41) is 3.51. The summed E-state index contributed by atoms with van der Waals surface area (Å²) in [5.74, 6) is 0. The van der Waals surface area contributed by atoms with Crippen molar-refractivity contribution in [2.45, 2.75) is 24.8 Å². The lowest BCUT2D eigenvalue weighted by molar-refractivity contribution is 0.570. The third kappa shape index (κ3) is 4.68. The maximum atomic E-state index is 11.9. The fourth-order valence-corrected chi connectivity index (χ4v) is 2.65. The van der Waals surface area contributed by atoms with Crippen LogP contribution in [-0.2, 0) is 10.0 Å². The highest BCUT2D eigenvalue weighted by molar-refractivity contribution is 7.89. The minimum Gasteiger partial charge on any atom is -0.380 e. The number of hydrogen-bond acceptors (Lipinski definition) is 3. The highest BCUT2D eigenvalue weighted by Crippen LogP contribution is 2.14. The van der Waals surface area contributed by atoms with Crippen LogP contribution in [0.5, 0.6) is 0 Å². The van der Waals surface area contributed by atoms with Gasteiger partial charge in [-0.05, 0) is 38.1 Å². The molecule has 0 aromatic heterocycles. The molecule has 6 heteroatoms. The van der Waals surface area contributed by atoms with Gasteiger partial charge in [-0.3, -0.25) is 0 Å². The van der Waals surface area contributed by atoms with Crippen molar-refractivity contribution in [3.05, 3.63) is 35.9 Å². The van der Waals surface area contributed by atoms with Gasteiger partial charge in [0.1, 0.15) is 0 Å². The molecule has 0 saturated heterocycles. The molecule has 100 valence electrons. The Morgan fingerprint density at radius 2 is 1.89 bits per heavy atom. The number of benzene rings is 1. The first-order valence-electron chi connectivity index (χ1n) is 5.51. The standard InChI is InChI=1S/C12H17ClN2O2S/c1-9(2)15-18(16,17)12-6-4-11(5-7-12)14-8-10(3)13/h4-7,9,14-15H,3,8H2,1-2H3. The lowest BCUT2D eigenvalue weighted by atomic mass is 10.3. The maximum absolute atomic E-state index is 11.9. The molecule has 0 aliphatic rings. The van der Waals surface area contributed by atoms with E-state index < -0.39 is 10.0 Å². The van der Waals surface area contributed by atoms with E-state index in [4.69, 9.17) is 11.6 Å². The Bertz CT molecular complexity index is 509. The van der Waals surface area contributed by atoms with Gasteiger partial charge in [-0.15, -0.1) is 0 Å². The van der Waals surface area contributed by atoms with Crippen LogP contribution < -0.4 is 10.0 Å². The summed E-state index contributed by atoms with van der Waals surface area (Å²) in [6.07, 6.45) is 0. The molecule has 0 radical (unpaired) electrons. The van der Waals surface area contributed by atoms with Crippen LogP contribution in [0.3, 0.4) is 0 Å². The van der Waals surface area contributed by atoms with Crippen LogP contribution in [0.15, 0.2) is 40.8 Å². The van der Waals surface area contributed by atoms with Crippen molar-refractivity contribution in [2.75, 3.05) is 11.9 Å². The Kier molecular flexibility index (Phi) is 5.19. The minimum absolute atomic E-state index is 0.132. The highest BCUT2D eigenvalue weighted by atomic mass is 35.5. The van der Waals surface area contributed by atoms with Crippen LogP contribution in [0, 0.1) is 0 Å².